The Bertz CT molecular complexity index is 527. The molecule has 1 saturated heterocycles. The first-order valence-electron chi connectivity index (χ1n) is 5.50. The minimum absolute atomic E-state index is 0.0283. The highest BCUT2D eigenvalue weighted by Gasteiger charge is 2.35. The van der Waals surface area contributed by atoms with Crippen molar-refractivity contribution in [1.82, 2.24) is 0 Å². The molecule has 0 saturated carbocycles. The standard InChI is InChI=1S/C12H10F3NO2S/c1-6(17)19-8-4-11(18)16(5-8)12-9(14)2-7(13)3-10(12)15/h2-3,8H,4-5H2,1H3. The molecule has 7 heteroatoms. The number of rotatable bonds is 2. The van der Waals surface area contributed by atoms with Gasteiger partial charge in [-0.1, -0.05) is 11.8 Å². The van der Waals surface area contributed by atoms with E-state index in [1.165, 1.54) is 6.92 Å². The number of benzene rings is 1. The van der Waals surface area contributed by atoms with Crippen molar-refractivity contribution in [3.8, 4) is 0 Å². The summed E-state index contributed by atoms with van der Waals surface area (Å²) in [6.07, 6.45) is 0.0283. The lowest BCUT2D eigenvalue weighted by Gasteiger charge is -2.18. The van der Waals surface area contributed by atoms with Gasteiger partial charge in [0.1, 0.15) is 11.5 Å². The molecule has 19 heavy (non-hydrogen) atoms. The molecular weight excluding hydrogens is 279 g/mol. The fourth-order valence-electron chi connectivity index (χ4n) is 2.00. The van der Waals surface area contributed by atoms with Crippen LogP contribution in [0.15, 0.2) is 12.1 Å². The number of carbonyl (C=O) groups is 2. The van der Waals surface area contributed by atoms with Gasteiger partial charge in [0.05, 0.1) is 0 Å². The Morgan fingerprint density at radius 2 is 1.89 bits per heavy atom. The fraction of sp³-hybridized carbons (Fsp3) is 0.333. The second-order valence-electron chi connectivity index (χ2n) is 4.16. The van der Waals surface area contributed by atoms with E-state index < -0.39 is 29.0 Å². The van der Waals surface area contributed by atoms with E-state index in [1.807, 2.05) is 0 Å². The molecule has 102 valence electrons. The van der Waals surface area contributed by atoms with Crippen LogP contribution in [0.4, 0.5) is 18.9 Å². The van der Waals surface area contributed by atoms with Gasteiger partial charge in [-0.25, -0.2) is 13.2 Å². The van der Waals surface area contributed by atoms with Crippen molar-refractivity contribution in [2.24, 2.45) is 0 Å². The van der Waals surface area contributed by atoms with Crippen LogP contribution >= 0.6 is 11.8 Å². The van der Waals surface area contributed by atoms with E-state index >= 15 is 0 Å². The summed E-state index contributed by atoms with van der Waals surface area (Å²) in [5.74, 6) is -3.78. The molecule has 0 bridgehead atoms. The van der Waals surface area contributed by atoms with Crippen LogP contribution in [0.25, 0.3) is 0 Å². The SMILES string of the molecule is CC(=O)SC1CC(=O)N(c2c(F)cc(F)cc2F)C1. The highest BCUT2D eigenvalue weighted by atomic mass is 32.2. The molecule has 1 aliphatic rings. The summed E-state index contributed by atoms with van der Waals surface area (Å²) in [7, 11) is 0. The minimum atomic E-state index is -1.13. The van der Waals surface area contributed by atoms with Crippen LogP contribution in [0.2, 0.25) is 0 Å². The molecule has 0 aromatic heterocycles. The molecule has 0 radical (unpaired) electrons. The smallest absolute Gasteiger partial charge is 0.228 e. The number of nitrogens with zero attached hydrogens (tertiary/aromatic N) is 1. The number of carbonyl (C=O) groups excluding carboxylic acids is 2. The van der Waals surface area contributed by atoms with Crippen LogP contribution in [0, 0.1) is 17.5 Å². The molecule has 1 aliphatic heterocycles. The Hall–Kier alpha value is -1.50. The van der Waals surface area contributed by atoms with E-state index in [2.05, 4.69) is 0 Å². The topological polar surface area (TPSA) is 37.4 Å². The fourth-order valence-corrected chi connectivity index (χ4v) is 2.92. The summed E-state index contributed by atoms with van der Waals surface area (Å²) in [6.45, 7) is 1.39. The van der Waals surface area contributed by atoms with E-state index in [0.717, 1.165) is 16.7 Å². The summed E-state index contributed by atoms with van der Waals surface area (Å²) in [4.78, 5) is 23.6. The highest BCUT2D eigenvalue weighted by molar-refractivity contribution is 8.14. The third kappa shape index (κ3) is 2.91. The molecule has 1 heterocycles. The van der Waals surface area contributed by atoms with Crippen molar-refractivity contribution in [1.29, 1.82) is 0 Å². The molecule has 0 spiro atoms. The number of halogens is 3. The van der Waals surface area contributed by atoms with Crippen LogP contribution in [-0.4, -0.2) is 22.8 Å². The van der Waals surface area contributed by atoms with Gasteiger partial charge >= 0.3 is 0 Å². The summed E-state index contributed by atoms with van der Waals surface area (Å²) >= 11 is 0.959. The lowest BCUT2D eigenvalue weighted by molar-refractivity contribution is -0.117. The second-order valence-corrected chi connectivity index (χ2v) is 5.64. The van der Waals surface area contributed by atoms with E-state index in [0.29, 0.717) is 12.1 Å². The van der Waals surface area contributed by atoms with Crippen molar-refractivity contribution in [2.75, 3.05) is 11.4 Å². The van der Waals surface area contributed by atoms with Crippen LogP contribution in [-0.2, 0) is 9.59 Å². The van der Waals surface area contributed by atoms with Gasteiger partial charge in [0.25, 0.3) is 0 Å². The summed E-state index contributed by atoms with van der Waals surface area (Å²) in [5.41, 5.74) is -0.557. The van der Waals surface area contributed by atoms with Crippen molar-refractivity contribution in [2.45, 2.75) is 18.6 Å². The molecule has 3 nitrogen and oxygen atoms in total. The first-order chi connectivity index (χ1) is 8.88. The van der Waals surface area contributed by atoms with Crippen LogP contribution in [0.1, 0.15) is 13.3 Å². The van der Waals surface area contributed by atoms with Crippen molar-refractivity contribution < 1.29 is 22.8 Å². The average Bonchev–Trinajstić information content (AvgIpc) is 2.57. The van der Waals surface area contributed by atoms with Gasteiger partial charge in [0, 0.05) is 37.3 Å². The normalized spacial score (nSPS) is 19.1. The maximum atomic E-state index is 13.6. The van der Waals surface area contributed by atoms with Crippen molar-refractivity contribution in [3.63, 3.8) is 0 Å². The van der Waals surface area contributed by atoms with Crippen LogP contribution in [0.3, 0.4) is 0 Å². The number of anilines is 1. The lowest BCUT2D eigenvalue weighted by Crippen LogP contribution is -2.27. The zero-order valence-corrected chi connectivity index (χ0v) is 10.8. The van der Waals surface area contributed by atoms with Gasteiger partial charge in [0.2, 0.25) is 5.91 Å². The monoisotopic (exact) mass is 289 g/mol. The summed E-state index contributed by atoms with van der Waals surface area (Å²) < 4.78 is 40.0. The first kappa shape index (κ1) is 13.9. The molecule has 2 rings (SSSR count). The first-order valence-corrected chi connectivity index (χ1v) is 6.38. The van der Waals surface area contributed by atoms with E-state index in [-0.39, 0.29) is 23.3 Å². The maximum absolute atomic E-state index is 13.6. The third-order valence-corrected chi connectivity index (χ3v) is 3.65. The molecule has 1 amide bonds. The number of amides is 1. The van der Waals surface area contributed by atoms with Crippen molar-refractivity contribution >= 4 is 28.5 Å². The van der Waals surface area contributed by atoms with Crippen LogP contribution in [0.5, 0.6) is 0 Å². The number of hydrogen-bond acceptors (Lipinski definition) is 3. The van der Waals surface area contributed by atoms with Gasteiger partial charge in [-0.05, 0) is 0 Å². The van der Waals surface area contributed by atoms with Gasteiger partial charge in [-0.2, -0.15) is 0 Å². The zero-order chi connectivity index (χ0) is 14.2. The minimum Gasteiger partial charge on any atom is -0.306 e. The highest BCUT2D eigenvalue weighted by Crippen LogP contribution is 2.32. The Balaban J connectivity index is 2.28. The molecule has 1 aromatic carbocycles. The predicted molar refractivity (Wildman–Crippen MR) is 65.3 cm³/mol. The molecule has 1 fully saturated rings. The van der Waals surface area contributed by atoms with Gasteiger partial charge in [-0.3, -0.25) is 9.59 Å². The predicted octanol–water partition coefficient (Wildman–Crippen LogP) is 2.49. The quantitative estimate of drug-likeness (QED) is 0.839. The number of hydrogen-bond donors (Lipinski definition) is 0. The Kier molecular flexibility index (Phi) is 3.84. The molecule has 1 unspecified atom stereocenters. The third-order valence-electron chi connectivity index (χ3n) is 2.67. The summed E-state index contributed by atoms with van der Waals surface area (Å²) in [6, 6.07) is 1.05. The van der Waals surface area contributed by atoms with E-state index in [4.69, 9.17) is 0 Å². The molecular formula is C12H10F3NO2S. The molecule has 0 aliphatic carbocycles. The van der Waals surface area contributed by atoms with Crippen LogP contribution < -0.4 is 4.90 Å². The summed E-state index contributed by atoms with van der Waals surface area (Å²) in [5, 5.41) is -0.506. The average molecular weight is 289 g/mol. The van der Waals surface area contributed by atoms with Gasteiger partial charge < -0.3 is 4.90 Å². The second kappa shape index (κ2) is 5.24. The lowest BCUT2D eigenvalue weighted by atomic mass is 10.2. The Morgan fingerprint density at radius 1 is 1.32 bits per heavy atom. The van der Waals surface area contributed by atoms with E-state index in [9.17, 15) is 22.8 Å². The molecule has 1 aromatic rings. The molecule has 0 N–H and O–H groups in total. The van der Waals surface area contributed by atoms with Gasteiger partial charge in [0.15, 0.2) is 16.7 Å². The number of thioether (sulfide) groups is 1. The zero-order valence-electron chi connectivity index (χ0n) is 9.95. The van der Waals surface area contributed by atoms with Gasteiger partial charge in [-0.15, -0.1) is 0 Å². The Morgan fingerprint density at radius 3 is 2.42 bits per heavy atom. The largest absolute Gasteiger partial charge is 0.306 e. The molecule has 1 atom stereocenters. The maximum Gasteiger partial charge on any atom is 0.228 e. The Labute approximate surface area is 111 Å². The van der Waals surface area contributed by atoms with E-state index in [1.54, 1.807) is 0 Å². The van der Waals surface area contributed by atoms with Crippen molar-refractivity contribution in [3.05, 3.63) is 29.6 Å².